The van der Waals surface area contributed by atoms with E-state index in [1.807, 2.05) is 24.3 Å². The lowest BCUT2D eigenvalue weighted by Crippen LogP contribution is -2.25. The van der Waals surface area contributed by atoms with Crippen LogP contribution in [0.15, 0.2) is 232 Å². The van der Waals surface area contributed by atoms with E-state index in [-0.39, 0.29) is 50.7 Å². The van der Waals surface area contributed by atoms with Gasteiger partial charge in [0.25, 0.3) is 0 Å². The number of nitrogens with zero attached hydrogens (tertiary/aromatic N) is 3. The first-order valence-electron chi connectivity index (χ1n) is 33.3. The zero-order chi connectivity index (χ0) is 69.4. The van der Waals surface area contributed by atoms with Crippen LogP contribution in [0, 0.1) is 25.2 Å². The summed E-state index contributed by atoms with van der Waals surface area (Å²) in [5.41, 5.74) is 23.8. The van der Waals surface area contributed by atoms with Gasteiger partial charge in [0.15, 0.2) is 0 Å². The molecule has 0 fully saturated rings. The Morgan fingerprint density at radius 3 is 0.568 bits per heavy atom. The molecule has 0 atom stereocenters. The van der Waals surface area contributed by atoms with Crippen molar-refractivity contribution in [3.05, 3.63) is 258 Å². The molecule has 0 aliphatic carbocycles. The average Bonchev–Trinajstić information content (AvgIpc) is 0.794. The van der Waals surface area contributed by atoms with Gasteiger partial charge >= 0.3 is 0 Å². The third-order valence-electron chi connectivity index (χ3n) is 17.0. The van der Waals surface area contributed by atoms with Crippen molar-refractivity contribution in [2.75, 3.05) is 20.4 Å². The maximum atomic E-state index is 6.02. The first-order valence-corrected chi connectivity index (χ1v) is 36.7. The highest BCUT2D eigenvalue weighted by Gasteiger charge is 2.32. The van der Waals surface area contributed by atoms with Gasteiger partial charge in [-0.05, 0) is 284 Å². The van der Waals surface area contributed by atoms with Crippen molar-refractivity contribution in [2.24, 2.45) is 21.7 Å². The fourth-order valence-electron chi connectivity index (χ4n) is 14.3. The molecule has 0 saturated heterocycles. The Hall–Kier alpha value is -5.65. The first-order chi connectivity index (χ1) is 43.6. The van der Waals surface area contributed by atoms with Crippen molar-refractivity contribution in [3.8, 4) is 0 Å². The summed E-state index contributed by atoms with van der Waals surface area (Å²) in [5.74, 6) is 0. The molecule has 0 bridgehead atoms. The number of nitrogens with two attached hydrogens (primary N) is 1. The Morgan fingerprint density at radius 2 is 0.400 bits per heavy atom. The lowest BCUT2D eigenvalue weighted by Gasteiger charge is -2.34. The summed E-state index contributed by atoms with van der Waals surface area (Å²) in [6.45, 7) is 46.7. The molecule has 0 radical (unpaired) electrons. The molecule has 9 aromatic rings. The predicted molar refractivity (Wildman–Crippen MR) is 439 cm³/mol. The van der Waals surface area contributed by atoms with E-state index in [1.165, 1.54) is 25.8 Å². The second-order valence-electron chi connectivity index (χ2n) is 33.2. The van der Waals surface area contributed by atoms with E-state index < -0.39 is 0 Å². The van der Waals surface area contributed by atoms with Crippen LogP contribution in [0.4, 0.5) is 56.9 Å². The van der Waals surface area contributed by atoms with Crippen LogP contribution in [-0.2, 0) is 21.7 Å². The van der Waals surface area contributed by atoms with E-state index in [9.17, 15) is 0 Å². The lowest BCUT2D eigenvalue weighted by atomic mass is 9.72. The van der Waals surface area contributed by atoms with E-state index in [4.69, 9.17) is 5.73 Å². The number of hydrogen-bond acceptors (Lipinski definition) is 4. The smallest absolute Gasteiger partial charge is 0.0463 e. The summed E-state index contributed by atoms with van der Waals surface area (Å²) in [6, 6.07) is 79.0. The van der Waals surface area contributed by atoms with Crippen LogP contribution in [-0.4, -0.2) is 0 Å². The fraction of sp³-hybridized carbons (Fsp3) is 0.379. The molecule has 0 aliphatic heterocycles. The molecule has 0 aromatic heterocycles. The molecule has 8 heteroatoms. The summed E-state index contributed by atoms with van der Waals surface area (Å²) >= 11 is 12.8. The number of benzene rings is 9. The number of halogens is 4. The quantitative estimate of drug-likeness (QED) is 0.0728. The van der Waals surface area contributed by atoms with Gasteiger partial charge in [-0.15, -0.1) is 0 Å². The zero-order valence-corrected chi connectivity index (χ0v) is 67.0. The van der Waals surface area contributed by atoms with E-state index in [2.05, 4.69) is 418 Å². The van der Waals surface area contributed by atoms with E-state index in [0.717, 1.165) is 96.0 Å². The van der Waals surface area contributed by atoms with E-state index in [0.29, 0.717) is 0 Å². The van der Waals surface area contributed by atoms with Gasteiger partial charge in [-0.25, -0.2) is 0 Å². The molecule has 2 N–H and O–H groups in total. The molecule has 0 aliphatic rings. The van der Waals surface area contributed by atoms with Crippen LogP contribution in [0.25, 0.3) is 0 Å². The topological polar surface area (TPSA) is 35.7 Å². The first kappa shape index (κ1) is 78.3. The molecule has 0 amide bonds. The Morgan fingerprint density at radius 1 is 0.253 bits per heavy atom. The summed E-state index contributed by atoms with van der Waals surface area (Å²) in [6.07, 6.45) is 4.49. The molecule has 0 saturated carbocycles. The second-order valence-corrected chi connectivity index (χ2v) is 37.2. The van der Waals surface area contributed by atoms with Crippen LogP contribution >= 0.6 is 70.4 Å². The SMILES string of the molecule is Brc1ccc(I)cc1.C.CC(C)(C)CC(C)(C)c1ccc(N(c2ccc(N(c3ccc(Br)cc3)c3ccc(Br)cc3)cc2)c2ccc(C(C)(C)CC(C)(C)C)cc2)cc1.CC(C)(C)CC(C)(C)c1ccc(N(c2ccc(N)cc2)c2ccc(C(C)(C)CC(C)(C)C)cc2)cc1. The highest BCUT2D eigenvalue weighted by atomic mass is 127. The Balaban J connectivity index is 0.000000277. The molecule has 0 heterocycles. The molecular formula is C87H110Br3IN4. The van der Waals surface area contributed by atoms with Gasteiger partial charge < -0.3 is 20.4 Å². The van der Waals surface area contributed by atoms with Crippen molar-refractivity contribution in [1.29, 1.82) is 0 Å². The highest BCUT2D eigenvalue weighted by molar-refractivity contribution is 14.1. The molecule has 506 valence electrons. The number of anilines is 10. The van der Waals surface area contributed by atoms with Crippen molar-refractivity contribution < 1.29 is 0 Å². The van der Waals surface area contributed by atoms with Crippen molar-refractivity contribution in [2.45, 2.75) is 193 Å². The van der Waals surface area contributed by atoms with Crippen molar-refractivity contribution in [1.82, 2.24) is 0 Å². The molecule has 0 spiro atoms. The minimum absolute atomic E-state index is 0. The monoisotopic (exact) mass is 1570 g/mol. The Labute approximate surface area is 614 Å². The largest absolute Gasteiger partial charge is 0.399 e. The number of nitrogen functional groups attached to an aromatic ring is 1. The van der Waals surface area contributed by atoms with Gasteiger partial charge in [0.2, 0.25) is 0 Å². The maximum Gasteiger partial charge on any atom is 0.0463 e. The van der Waals surface area contributed by atoms with Crippen molar-refractivity contribution in [3.63, 3.8) is 0 Å². The van der Waals surface area contributed by atoms with E-state index >= 15 is 0 Å². The minimum atomic E-state index is 0. The standard InChI is InChI=1S/C46H54Br2N2.C34H48N2.C6H4BrI.CH4/c1-43(2,3)31-45(7,8)33-11-19-37(20-12-33)49(38-21-13-34(14-22-38)46(9,10)32-44(4,5)6)41-27-29-42(30-28-41)50(39-23-15-35(47)16-24-39)40-25-17-36(48)18-26-40;1-31(2,3)23-33(7,8)25-11-17-28(18-12-25)36(30-21-15-27(35)16-22-30)29-19-13-26(14-20-29)34(9,10)24-32(4,5)6;7-5-1-3-6(8)4-2-5;/h11-30H,31-32H2,1-10H3;11-22H,23-24,35H2,1-10H3;1-4H;1H4. The van der Waals surface area contributed by atoms with Crippen LogP contribution in [0.5, 0.6) is 0 Å². The van der Waals surface area contributed by atoms with E-state index in [1.54, 1.807) is 0 Å². The van der Waals surface area contributed by atoms with Crippen LogP contribution in [0.2, 0.25) is 0 Å². The summed E-state index contributed by atoms with van der Waals surface area (Å²) in [5, 5.41) is 0. The second kappa shape index (κ2) is 31.9. The van der Waals surface area contributed by atoms with Gasteiger partial charge in [0, 0.05) is 73.9 Å². The number of hydrogen-bond donors (Lipinski definition) is 1. The minimum Gasteiger partial charge on any atom is -0.399 e. The van der Waals surface area contributed by atoms with Crippen LogP contribution in [0.3, 0.4) is 0 Å². The van der Waals surface area contributed by atoms with Crippen LogP contribution in [0.1, 0.15) is 194 Å². The third kappa shape index (κ3) is 23.2. The normalized spacial score (nSPS) is 12.3. The zero-order valence-electron chi connectivity index (χ0n) is 60.0. The highest BCUT2D eigenvalue weighted by Crippen LogP contribution is 2.46. The third-order valence-corrected chi connectivity index (χ3v) is 19.3. The van der Waals surface area contributed by atoms with Gasteiger partial charge in [0.1, 0.15) is 0 Å². The lowest BCUT2D eigenvalue weighted by molar-refractivity contribution is 0.283. The molecule has 9 aromatic carbocycles. The fourth-order valence-corrected chi connectivity index (χ4v) is 15.4. The van der Waals surface area contributed by atoms with Gasteiger partial charge in [-0.2, -0.15) is 0 Å². The molecular weight excluding hydrogens is 1470 g/mol. The molecule has 95 heavy (non-hydrogen) atoms. The molecule has 4 nitrogen and oxygen atoms in total. The predicted octanol–water partition coefficient (Wildman–Crippen LogP) is 29.4. The van der Waals surface area contributed by atoms with Gasteiger partial charge in [0.05, 0.1) is 0 Å². The summed E-state index contributed by atoms with van der Waals surface area (Å²) < 4.78 is 4.52. The number of rotatable bonds is 17. The van der Waals surface area contributed by atoms with Gasteiger partial charge in [-0.1, -0.05) is 242 Å². The summed E-state index contributed by atoms with van der Waals surface area (Å²) in [4.78, 5) is 7.00. The van der Waals surface area contributed by atoms with Crippen LogP contribution < -0.4 is 20.4 Å². The van der Waals surface area contributed by atoms with Gasteiger partial charge in [-0.3, -0.25) is 0 Å². The summed E-state index contributed by atoms with van der Waals surface area (Å²) in [7, 11) is 0. The Kier molecular flexibility index (Phi) is 26.3. The molecule has 0 unspecified atom stereocenters. The maximum absolute atomic E-state index is 6.02. The van der Waals surface area contributed by atoms with Crippen molar-refractivity contribution >= 4 is 127 Å². The Bertz CT molecular complexity index is 3600. The average molecular weight is 1580 g/mol. The molecule has 9 rings (SSSR count).